The van der Waals surface area contributed by atoms with Gasteiger partial charge in [-0.15, -0.1) is 0 Å². The maximum Gasteiger partial charge on any atom is 0.243 e. The standard InChI is InChI=1S/C16H29N3O/c1-5-6-13(17)15-18-14(19-20-15)11-7-9-12(10-8-11)16(2,3)4/h11-13H,5-10,17H2,1-4H3/t11?,12?,13-/m0/s1. The summed E-state index contributed by atoms with van der Waals surface area (Å²) < 4.78 is 5.34. The van der Waals surface area contributed by atoms with E-state index >= 15 is 0 Å². The molecular formula is C16H29N3O. The van der Waals surface area contributed by atoms with Gasteiger partial charge in [-0.25, -0.2) is 0 Å². The highest BCUT2D eigenvalue weighted by molar-refractivity contribution is 5.00. The summed E-state index contributed by atoms with van der Waals surface area (Å²) in [5, 5.41) is 4.16. The SMILES string of the molecule is CCC[C@H](N)c1nc(C2CCC(C(C)(C)C)CC2)no1. The molecule has 4 nitrogen and oxygen atoms in total. The van der Waals surface area contributed by atoms with Crippen LogP contribution in [0.25, 0.3) is 0 Å². The minimum atomic E-state index is -0.104. The van der Waals surface area contributed by atoms with Crippen LogP contribution in [0.5, 0.6) is 0 Å². The zero-order chi connectivity index (χ0) is 14.8. The summed E-state index contributed by atoms with van der Waals surface area (Å²) in [6.45, 7) is 9.14. The largest absolute Gasteiger partial charge is 0.338 e. The Morgan fingerprint density at radius 1 is 1.25 bits per heavy atom. The zero-order valence-electron chi connectivity index (χ0n) is 13.4. The topological polar surface area (TPSA) is 64.9 Å². The molecule has 1 heterocycles. The number of rotatable bonds is 4. The molecule has 1 aromatic rings. The quantitative estimate of drug-likeness (QED) is 0.897. The van der Waals surface area contributed by atoms with Crippen molar-refractivity contribution in [2.75, 3.05) is 0 Å². The highest BCUT2D eigenvalue weighted by Gasteiger charge is 2.32. The lowest BCUT2D eigenvalue weighted by Crippen LogP contribution is -2.25. The highest BCUT2D eigenvalue weighted by Crippen LogP contribution is 2.42. The van der Waals surface area contributed by atoms with E-state index in [9.17, 15) is 0 Å². The van der Waals surface area contributed by atoms with Crippen molar-refractivity contribution in [1.82, 2.24) is 10.1 Å². The molecule has 1 aliphatic carbocycles. The molecule has 2 rings (SSSR count). The molecular weight excluding hydrogens is 250 g/mol. The van der Waals surface area contributed by atoms with E-state index in [-0.39, 0.29) is 6.04 Å². The lowest BCUT2D eigenvalue weighted by atomic mass is 9.70. The van der Waals surface area contributed by atoms with Crippen LogP contribution in [-0.4, -0.2) is 10.1 Å². The third-order valence-electron chi connectivity index (χ3n) is 4.69. The van der Waals surface area contributed by atoms with Crippen molar-refractivity contribution >= 4 is 0 Å². The van der Waals surface area contributed by atoms with Crippen LogP contribution >= 0.6 is 0 Å². The van der Waals surface area contributed by atoms with Gasteiger partial charge in [-0.3, -0.25) is 0 Å². The average Bonchev–Trinajstić information content (AvgIpc) is 2.88. The average molecular weight is 279 g/mol. The Balaban J connectivity index is 1.94. The van der Waals surface area contributed by atoms with E-state index in [0.29, 0.717) is 17.2 Å². The third kappa shape index (κ3) is 3.60. The Labute approximate surface area is 122 Å². The molecule has 0 radical (unpaired) electrons. The first-order valence-electron chi connectivity index (χ1n) is 8.01. The van der Waals surface area contributed by atoms with Crippen LogP contribution in [-0.2, 0) is 0 Å². The van der Waals surface area contributed by atoms with Gasteiger partial charge in [-0.05, 0) is 43.4 Å². The van der Waals surface area contributed by atoms with E-state index in [1.807, 2.05) is 0 Å². The maximum absolute atomic E-state index is 6.03. The Bertz CT molecular complexity index is 414. The molecule has 0 amide bonds. The van der Waals surface area contributed by atoms with Crippen LogP contribution in [0.1, 0.15) is 89.9 Å². The molecule has 0 spiro atoms. The van der Waals surface area contributed by atoms with E-state index in [1.54, 1.807) is 0 Å². The van der Waals surface area contributed by atoms with E-state index in [0.717, 1.165) is 24.6 Å². The Kier molecular flexibility index (Phi) is 4.84. The van der Waals surface area contributed by atoms with Gasteiger partial charge in [-0.2, -0.15) is 4.98 Å². The summed E-state index contributed by atoms with van der Waals surface area (Å²) in [7, 11) is 0. The summed E-state index contributed by atoms with van der Waals surface area (Å²) in [6.07, 6.45) is 6.81. The lowest BCUT2D eigenvalue weighted by Gasteiger charge is -2.36. The van der Waals surface area contributed by atoms with Gasteiger partial charge in [0.25, 0.3) is 0 Å². The lowest BCUT2D eigenvalue weighted by molar-refractivity contribution is 0.166. The highest BCUT2D eigenvalue weighted by atomic mass is 16.5. The third-order valence-corrected chi connectivity index (χ3v) is 4.69. The van der Waals surface area contributed by atoms with Gasteiger partial charge in [0.15, 0.2) is 5.82 Å². The predicted octanol–water partition coefficient (Wildman–Crippen LogP) is 4.19. The molecule has 0 bridgehead atoms. The molecule has 1 saturated carbocycles. The summed E-state index contributed by atoms with van der Waals surface area (Å²) in [6, 6.07) is -0.104. The van der Waals surface area contributed by atoms with E-state index < -0.39 is 0 Å². The number of nitrogens with two attached hydrogens (primary N) is 1. The molecule has 1 fully saturated rings. The molecule has 4 heteroatoms. The van der Waals surface area contributed by atoms with Gasteiger partial charge in [-0.1, -0.05) is 39.3 Å². The van der Waals surface area contributed by atoms with Crippen molar-refractivity contribution in [2.45, 2.75) is 78.2 Å². The second-order valence-electron chi connectivity index (χ2n) is 7.30. The number of nitrogens with zero attached hydrogens (tertiary/aromatic N) is 2. The first kappa shape index (κ1) is 15.5. The van der Waals surface area contributed by atoms with Crippen LogP contribution in [0.4, 0.5) is 0 Å². The summed E-state index contributed by atoms with van der Waals surface area (Å²) >= 11 is 0. The molecule has 0 unspecified atom stereocenters. The minimum Gasteiger partial charge on any atom is -0.338 e. The Morgan fingerprint density at radius 3 is 2.45 bits per heavy atom. The molecule has 1 atom stereocenters. The van der Waals surface area contributed by atoms with Crippen LogP contribution in [0.15, 0.2) is 4.52 Å². The number of aromatic nitrogens is 2. The normalized spacial score (nSPS) is 25.6. The summed E-state index contributed by atoms with van der Waals surface area (Å²) in [5.74, 6) is 2.76. The van der Waals surface area contributed by atoms with Crippen molar-refractivity contribution < 1.29 is 4.52 Å². The summed E-state index contributed by atoms with van der Waals surface area (Å²) in [4.78, 5) is 4.54. The fourth-order valence-electron chi connectivity index (χ4n) is 3.22. The van der Waals surface area contributed by atoms with Gasteiger partial charge in [0.05, 0.1) is 6.04 Å². The molecule has 1 aromatic heterocycles. The number of hydrogen-bond acceptors (Lipinski definition) is 4. The van der Waals surface area contributed by atoms with Gasteiger partial charge < -0.3 is 10.3 Å². The number of hydrogen-bond donors (Lipinski definition) is 1. The summed E-state index contributed by atoms with van der Waals surface area (Å²) in [5.41, 5.74) is 6.44. The van der Waals surface area contributed by atoms with Gasteiger partial charge in [0, 0.05) is 5.92 Å². The van der Waals surface area contributed by atoms with E-state index in [1.165, 1.54) is 25.7 Å². The first-order chi connectivity index (χ1) is 9.41. The first-order valence-corrected chi connectivity index (χ1v) is 8.01. The molecule has 2 N–H and O–H groups in total. The van der Waals surface area contributed by atoms with Crippen LogP contribution < -0.4 is 5.73 Å². The van der Waals surface area contributed by atoms with Crippen molar-refractivity contribution in [1.29, 1.82) is 0 Å². The molecule has 0 aliphatic heterocycles. The second-order valence-corrected chi connectivity index (χ2v) is 7.30. The van der Waals surface area contributed by atoms with Crippen molar-refractivity contribution in [3.05, 3.63) is 11.7 Å². The molecule has 1 aliphatic rings. The van der Waals surface area contributed by atoms with Crippen molar-refractivity contribution in [2.24, 2.45) is 17.1 Å². The Morgan fingerprint density at radius 2 is 1.90 bits per heavy atom. The molecule has 0 saturated heterocycles. The predicted molar refractivity (Wildman–Crippen MR) is 80.3 cm³/mol. The van der Waals surface area contributed by atoms with E-state index in [2.05, 4.69) is 37.8 Å². The fraction of sp³-hybridized carbons (Fsp3) is 0.875. The van der Waals surface area contributed by atoms with Crippen LogP contribution in [0.2, 0.25) is 0 Å². The fourth-order valence-corrected chi connectivity index (χ4v) is 3.22. The monoisotopic (exact) mass is 279 g/mol. The van der Waals surface area contributed by atoms with Gasteiger partial charge >= 0.3 is 0 Å². The van der Waals surface area contributed by atoms with Crippen molar-refractivity contribution in [3.63, 3.8) is 0 Å². The van der Waals surface area contributed by atoms with Gasteiger partial charge in [0.2, 0.25) is 5.89 Å². The van der Waals surface area contributed by atoms with Crippen LogP contribution in [0, 0.1) is 11.3 Å². The molecule has 20 heavy (non-hydrogen) atoms. The molecule has 114 valence electrons. The van der Waals surface area contributed by atoms with Crippen LogP contribution in [0.3, 0.4) is 0 Å². The second kappa shape index (κ2) is 6.25. The molecule has 0 aromatic carbocycles. The van der Waals surface area contributed by atoms with E-state index in [4.69, 9.17) is 10.3 Å². The maximum atomic E-state index is 6.03. The smallest absolute Gasteiger partial charge is 0.243 e. The van der Waals surface area contributed by atoms with Gasteiger partial charge in [0.1, 0.15) is 0 Å². The Hall–Kier alpha value is -0.900. The minimum absolute atomic E-state index is 0.104. The van der Waals surface area contributed by atoms with Crippen molar-refractivity contribution in [3.8, 4) is 0 Å². The zero-order valence-corrected chi connectivity index (χ0v) is 13.4.